The van der Waals surface area contributed by atoms with Crippen LogP contribution in [0.2, 0.25) is 0 Å². The molecule has 30 heavy (non-hydrogen) atoms. The highest BCUT2D eigenvalue weighted by Gasteiger charge is 2.23. The molecule has 0 aliphatic carbocycles. The number of aromatic nitrogens is 1. The molecule has 1 heterocycles. The molecular formula is C22H26FN3O4. The molecule has 1 aromatic heterocycles. The molecule has 0 bridgehead atoms. The molecule has 0 spiro atoms. The van der Waals surface area contributed by atoms with Crippen molar-refractivity contribution in [2.24, 2.45) is 0 Å². The minimum absolute atomic E-state index is 0.140. The number of rotatable bonds is 7. The predicted octanol–water partition coefficient (Wildman–Crippen LogP) is 4.82. The first kappa shape index (κ1) is 22.9. The lowest BCUT2D eigenvalue weighted by Gasteiger charge is -2.21. The van der Waals surface area contributed by atoms with Gasteiger partial charge in [0, 0.05) is 36.5 Å². The number of esters is 1. The maximum Gasteiger partial charge on any atom is 0.412 e. The van der Waals surface area contributed by atoms with E-state index < -0.39 is 29.6 Å². The number of anilines is 2. The zero-order valence-electron chi connectivity index (χ0n) is 17.5. The zero-order chi connectivity index (χ0) is 22.3. The summed E-state index contributed by atoms with van der Waals surface area (Å²) in [7, 11) is 0. The largest absolute Gasteiger partial charge is 0.453 e. The summed E-state index contributed by atoms with van der Waals surface area (Å²) in [6.45, 7) is 10.6. The van der Waals surface area contributed by atoms with E-state index in [-0.39, 0.29) is 11.3 Å². The van der Waals surface area contributed by atoms with Crippen LogP contribution in [0.3, 0.4) is 0 Å². The van der Waals surface area contributed by atoms with Crippen LogP contribution in [0.25, 0.3) is 0 Å². The van der Waals surface area contributed by atoms with Gasteiger partial charge >= 0.3 is 12.1 Å². The Kier molecular flexibility index (Phi) is 7.52. The van der Waals surface area contributed by atoms with Crippen molar-refractivity contribution in [3.63, 3.8) is 0 Å². The average molecular weight is 415 g/mol. The van der Waals surface area contributed by atoms with Gasteiger partial charge in [-0.2, -0.15) is 0 Å². The highest BCUT2D eigenvalue weighted by atomic mass is 19.1. The van der Waals surface area contributed by atoms with Crippen molar-refractivity contribution in [2.45, 2.75) is 39.4 Å². The molecule has 0 saturated carbocycles. The fraction of sp³-hybridized carbons (Fsp3) is 0.318. The lowest BCUT2D eigenvalue weighted by Crippen LogP contribution is -2.27. The van der Waals surface area contributed by atoms with Crippen molar-refractivity contribution in [3.05, 3.63) is 66.1 Å². The van der Waals surface area contributed by atoms with Gasteiger partial charge in [-0.05, 0) is 51.1 Å². The Bertz CT molecular complexity index is 925. The van der Waals surface area contributed by atoms with Crippen LogP contribution in [-0.2, 0) is 14.3 Å². The zero-order valence-corrected chi connectivity index (χ0v) is 17.5. The van der Waals surface area contributed by atoms with Crippen LogP contribution in [0.5, 0.6) is 0 Å². The molecule has 1 atom stereocenters. The Balaban J connectivity index is 2.31. The number of carbonyl (C=O) groups excluding carboxylic acids is 2. The minimum atomic E-state index is -0.981. The fourth-order valence-electron chi connectivity index (χ4n) is 2.60. The first-order valence-electron chi connectivity index (χ1n) is 9.36. The molecule has 0 fully saturated rings. The van der Waals surface area contributed by atoms with Gasteiger partial charge in [-0.15, -0.1) is 6.58 Å². The Morgan fingerprint density at radius 1 is 1.27 bits per heavy atom. The summed E-state index contributed by atoms with van der Waals surface area (Å²) in [4.78, 5) is 27.7. The number of benzene rings is 1. The monoisotopic (exact) mass is 415 g/mol. The first-order chi connectivity index (χ1) is 14.1. The molecule has 0 radical (unpaired) electrons. The van der Waals surface area contributed by atoms with Gasteiger partial charge in [-0.3, -0.25) is 10.1 Å². The van der Waals surface area contributed by atoms with Crippen molar-refractivity contribution in [1.82, 2.24) is 4.98 Å². The Morgan fingerprint density at radius 2 is 2.00 bits per heavy atom. The van der Waals surface area contributed by atoms with Crippen LogP contribution >= 0.6 is 0 Å². The van der Waals surface area contributed by atoms with Crippen LogP contribution in [0, 0.1) is 5.82 Å². The number of hydrogen-bond acceptors (Lipinski definition) is 6. The van der Waals surface area contributed by atoms with E-state index in [0.29, 0.717) is 17.9 Å². The van der Waals surface area contributed by atoms with Gasteiger partial charge in [-0.1, -0.05) is 6.08 Å². The second-order valence-corrected chi connectivity index (χ2v) is 7.50. The van der Waals surface area contributed by atoms with E-state index in [1.165, 1.54) is 25.3 Å². The molecule has 1 aromatic carbocycles. The maximum absolute atomic E-state index is 14.9. The molecule has 8 heteroatoms. The van der Waals surface area contributed by atoms with E-state index in [0.717, 1.165) is 6.07 Å². The van der Waals surface area contributed by atoms with E-state index in [1.54, 1.807) is 39.0 Å². The molecule has 1 amide bonds. The van der Waals surface area contributed by atoms with Crippen LogP contribution in [0.4, 0.5) is 20.7 Å². The number of nitrogens with one attached hydrogen (secondary N) is 2. The van der Waals surface area contributed by atoms with Gasteiger partial charge < -0.3 is 14.8 Å². The van der Waals surface area contributed by atoms with E-state index in [1.807, 2.05) is 0 Å². The number of ether oxygens (including phenoxy) is 2. The molecular weight excluding hydrogens is 389 g/mol. The number of halogens is 1. The second-order valence-electron chi connectivity index (χ2n) is 7.50. The summed E-state index contributed by atoms with van der Waals surface area (Å²) in [6, 6.07) is 7.42. The summed E-state index contributed by atoms with van der Waals surface area (Å²) in [6.07, 6.45) is 1.53. The standard InChI is InChI=1S/C22H26FN3O4/c1-6-10-24-19-12-15(9-11-25-19)20(29-14(2)27)17-8-7-16(13-18(17)23)26-21(28)30-22(3,4)5/h6-9,11-13,20H,1,10H2,2-5H3,(H,24,25)(H,26,28). The molecule has 0 saturated heterocycles. The van der Waals surface area contributed by atoms with Gasteiger partial charge in [0.25, 0.3) is 0 Å². The fourth-order valence-corrected chi connectivity index (χ4v) is 2.60. The van der Waals surface area contributed by atoms with Crippen molar-refractivity contribution >= 4 is 23.6 Å². The predicted molar refractivity (Wildman–Crippen MR) is 113 cm³/mol. The lowest BCUT2D eigenvalue weighted by atomic mass is 10.0. The van der Waals surface area contributed by atoms with Gasteiger partial charge in [0.15, 0.2) is 6.10 Å². The van der Waals surface area contributed by atoms with E-state index in [2.05, 4.69) is 22.2 Å². The van der Waals surface area contributed by atoms with Crippen molar-refractivity contribution in [1.29, 1.82) is 0 Å². The Hall–Kier alpha value is -3.42. The maximum atomic E-state index is 14.9. The van der Waals surface area contributed by atoms with E-state index in [4.69, 9.17) is 9.47 Å². The van der Waals surface area contributed by atoms with Crippen molar-refractivity contribution in [3.8, 4) is 0 Å². The van der Waals surface area contributed by atoms with Crippen LogP contribution < -0.4 is 10.6 Å². The SMILES string of the molecule is C=CCNc1cc(C(OC(C)=O)c2ccc(NC(=O)OC(C)(C)C)cc2F)ccn1. The van der Waals surface area contributed by atoms with E-state index >= 15 is 0 Å². The summed E-state index contributed by atoms with van der Waals surface area (Å²) in [5, 5.41) is 5.51. The molecule has 2 aromatic rings. The Labute approximate surface area is 175 Å². The molecule has 160 valence electrons. The topological polar surface area (TPSA) is 89.6 Å². The van der Waals surface area contributed by atoms with Crippen LogP contribution in [0.15, 0.2) is 49.2 Å². The first-order valence-corrected chi connectivity index (χ1v) is 9.36. The lowest BCUT2D eigenvalue weighted by molar-refractivity contribution is -0.144. The third-order valence-electron chi connectivity index (χ3n) is 3.73. The smallest absolute Gasteiger partial charge is 0.412 e. The van der Waals surface area contributed by atoms with Crippen molar-refractivity contribution < 1.29 is 23.5 Å². The summed E-state index contributed by atoms with van der Waals surface area (Å²) in [5.74, 6) is -0.673. The summed E-state index contributed by atoms with van der Waals surface area (Å²) >= 11 is 0. The number of amides is 1. The average Bonchev–Trinajstić information content (AvgIpc) is 2.63. The quantitative estimate of drug-likeness (QED) is 0.498. The molecule has 7 nitrogen and oxygen atoms in total. The number of pyridine rings is 1. The van der Waals surface area contributed by atoms with Gasteiger partial charge in [0.1, 0.15) is 17.2 Å². The molecule has 1 unspecified atom stereocenters. The van der Waals surface area contributed by atoms with Crippen LogP contribution in [0.1, 0.15) is 44.9 Å². The van der Waals surface area contributed by atoms with Crippen molar-refractivity contribution in [2.75, 3.05) is 17.2 Å². The Morgan fingerprint density at radius 3 is 2.60 bits per heavy atom. The van der Waals surface area contributed by atoms with Gasteiger partial charge in [0.05, 0.1) is 0 Å². The second kappa shape index (κ2) is 9.87. The summed E-state index contributed by atoms with van der Waals surface area (Å²) in [5.41, 5.74) is 0.219. The molecule has 2 rings (SSSR count). The highest BCUT2D eigenvalue weighted by Crippen LogP contribution is 2.31. The molecule has 0 aliphatic heterocycles. The number of hydrogen-bond donors (Lipinski definition) is 2. The van der Waals surface area contributed by atoms with Gasteiger partial charge in [0.2, 0.25) is 0 Å². The third-order valence-corrected chi connectivity index (χ3v) is 3.73. The number of nitrogens with zero attached hydrogens (tertiary/aromatic N) is 1. The van der Waals surface area contributed by atoms with Gasteiger partial charge in [-0.25, -0.2) is 14.2 Å². The minimum Gasteiger partial charge on any atom is -0.453 e. The normalized spacial score (nSPS) is 11.9. The van der Waals surface area contributed by atoms with E-state index in [9.17, 15) is 14.0 Å². The highest BCUT2D eigenvalue weighted by molar-refractivity contribution is 5.84. The molecule has 2 N–H and O–H groups in total. The number of carbonyl (C=O) groups is 2. The third kappa shape index (κ3) is 6.88. The van der Waals surface area contributed by atoms with Crippen LogP contribution in [-0.4, -0.2) is 29.2 Å². The summed E-state index contributed by atoms with van der Waals surface area (Å²) < 4.78 is 25.4. The molecule has 0 aliphatic rings.